The molecule has 0 bridgehead atoms. The van der Waals surface area contributed by atoms with Crippen LogP contribution in [-0.2, 0) is 6.42 Å². The average molecular weight is 458 g/mol. The third kappa shape index (κ3) is 4.50. The van der Waals surface area contributed by atoms with Crippen LogP contribution < -0.4 is 15.0 Å². The van der Waals surface area contributed by atoms with Gasteiger partial charge in [-0.25, -0.2) is 4.98 Å². The molecule has 3 aromatic rings. The van der Waals surface area contributed by atoms with Crippen molar-refractivity contribution in [2.24, 2.45) is 5.10 Å². The predicted molar refractivity (Wildman–Crippen MR) is 119 cm³/mol. The van der Waals surface area contributed by atoms with Crippen LogP contribution >= 0.6 is 15.9 Å². The quantitative estimate of drug-likeness (QED) is 0.478. The molecule has 1 heterocycles. The molecule has 0 aliphatic carbocycles. The second kappa shape index (κ2) is 9.22. The van der Waals surface area contributed by atoms with Gasteiger partial charge >= 0.3 is 0 Å². The molecule has 0 amide bonds. The fraction of sp³-hybridized carbons (Fsp3) is 0.318. The van der Waals surface area contributed by atoms with Crippen molar-refractivity contribution in [2.75, 3.05) is 7.11 Å². The fourth-order valence-electron chi connectivity index (χ4n) is 2.87. The maximum Gasteiger partial charge on any atom is 0.282 e. The summed E-state index contributed by atoms with van der Waals surface area (Å²) in [6.07, 6.45) is 3.07. The molecule has 152 valence electrons. The van der Waals surface area contributed by atoms with Crippen LogP contribution in [0.4, 0.5) is 0 Å². The summed E-state index contributed by atoms with van der Waals surface area (Å²) in [5.41, 5.74) is 1.17. The Morgan fingerprint density at radius 3 is 2.76 bits per heavy atom. The molecule has 0 saturated heterocycles. The van der Waals surface area contributed by atoms with Crippen LogP contribution in [0.2, 0.25) is 0 Å². The number of rotatable bonds is 7. The van der Waals surface area contributed by atoms with E-state index in [4.69, 9.17) is 9.47 Å². The highest BCUT2D eigenvalue weighted by Crippen LogP contribution is 2.31. The highest BCUT2D eigenvalue weighted by molar-refractivity contribution is 9.10. The van der Waals surface area contributed by atoms with Crippen molar-refractivity contribution in [3.8, 4) is 11.5 Å². The first-order valence-corrected chi connectivity index (χ1v) is 10.4. The molecule has 2 aromatic carbocycles. The maximum absolute atomic E-state index is 13.0. The summed E-state index contributed by atoms with van der Waals surface area (Å²) in [6, 6.07) is 11.0. The largest absolute Gasteiger partial charge is 0.493 e. The van der Waals surface area contributed by atoms with Gasteiger partial charge in [0, 0.05) is 16.5 Å². The molecular weight excluding hydrogens is 434 g/mol. The smallest absolute Gasteiger partial charge is 0.282 e. The van der Waals surface area contributed by atoms with Crippen LogP contribution in [0.3, 0.4) is 0 Å². The molecule has 0 N–H and O–H groups in total. The fourth-order valence-corrected chi connectivity index (χ4v) is 3.23. The zero-order chi connectivity index (χ0) is 21.0. The lowest BCUT2D eigenvalue weighted by Gasteiger charge is -2.17. The lowest BCUT2D eigenvalue weighted by Crippen LogP contribution is -2.22. The Morgan fingerprint density at radius 2 is 2.07 bits per heavy atom. The van der Waals surface area contributed by atoms with Crippen LogP contribution in [0.15, 0.2) is 50.8 Å². The van der Waals surface area contributed by atoms with Crippen molar-refractivity contribution >= 4 is 33.0 Å². The van der Waals surface area contributed by atoms with Crippen molar-refractivity contribution in [1.82, 2.24) is 9.66 Å². The Morgan fingerprint density at radius 1 is 1.28 bits per heavy atom. The number of nitrogens with zero attached hydrogens (tertiary/aromatic N) is 3. The number of aromatic nitrogens is 2. The first-order chi connectivity index (χ1) is 14.0. The van der Waals surface area contributed by atoms with Crippen LogP contribution in [0.1, 0.15) is 38.6 Å². The zero-order valence-electron chi connectivity index (χ0n) is 17.0. The van der Waals surface area contributed by atoms with Gasteiger partial charge in [-0.05, 0) is 43.7 Å². The van der Waals surface area contributed by atoms with Crippen LogP contribution in [0.25, 0.3) is 10.9 Å². The van der Waals surface area contributed by atoms with Gasteiger partial charge in [0.1, 0.15) is 5.82 Å². The SMILES string of the molecule is CCc1nc2ccc(Br)cc2c(=O)n1N=Cc1cccc(OC)c1O[C@@H](C)CC. The standard InChI is InChI=1S/C22H24BrN3O3/c1-5-14(3)29-21-15(8-7-9-19(21)28-4)13-24-26-20(6-2)25-18-11-10-16(23)12-17(18)22(26)27/h7-14H,5-6H2,1-4H3/t14-/m0/s1. The number of aryl methyl sites for hydroxylation is 1. The van der Waals surface area contributed by atoms with Gasteiger partial charge in [-0.3, -0.25) is 4.79 Å². The number of fused-ring (bicyclic) bond motifs is 1. The number of halogens is 1. The summed E-state index contributed by atoms with van der Waals surface area (Å²) in [5, 5.41) is 4.97. The molecule has 0 aliphatic rings. The first-order valence-electron chi connectivity index (χ1n) is 9.57. The van der Waals surface area contributed by atoms with E-state index in [-0.39, 0.29) is 11.7 Å². The average Bonchev–Trinajstić information content (AvgIpc) is 2.73. The molecule has 1 atom stereocenters. The van der Waals surface area contributed by atoms with Gasteiger partial charge < -0.3 is 9.47 Å². The number of methoxy groups -OCH3 is 1. The highest BCUT2D eigenvalue weighted by Gasteiger charge is 2.13. The van der Waals surface area contributed by atoms with Gasteiger partial charge in [0.15, 0.2) is 11.5 Å². The third-order valence-corrected chi connectivity index (χ3v) is 5.12. The van der Waals surface area contributed by atoms with Crippen LogP contribution in [0, 0.1) is 0 Å². The second-order valence-corrected chi connectivity index (χ2v) is 7.54. The van der Waals surface area contributed by atoms with E-state index in [1.165, 1.54) is 4.68 Å². The van der Waals surface area contributed by atoms with Gasteiger partial charge in [0.05, 0.1) is 30.3 Å². The first kappa shape index (κ1) is 21.0. The van der Waals surface area contributed by atoms with E-state index in [2.05, 4.69) is 32.9 Å². The molecule has 0 spiro atoms. The molecular formula is C22H24BrN3O3. The van der Waals surface area contributed by atoms with Gasteiger partial charge in [-0.2, -0.15) is 9.78 Å². The normalized spacial score (nSPS) is 12.4. The summed E-state index contributed by atoms with van der Waals surface area (Å²) < 4.78 is 13.7. The van der Waals surface area contributed by atoms with E-state index in [0.717, 1.165) is 16.5 Å². The number of ether oxygens (including phenoxy) is 2. The van der Waals surface area contributed by atoms with Crippen LogP contribution in [0.5, 0.6) is 11.5 Å². The summed E-state index contributed by atoms with van der Waals surface area (Å²) in [4.78, 5) is 17.6. The molecule has 6 nitrogen and oxygen atoms in total. The molecule has 7 heteroatoms. The summed E-state index contributed by atoms with van der Waals surface area (Å²) in [5.74, 6) is 1.82. The molecule has 3 rings (SSSR count). The zero-order valence-corrected chi connectivity index (χ0v) is 18.6. The Hall–Kier alpha value is -2.67. The molecule has 0 aliphatic heterocycles. The third-order valence-electron chi connectivity index (χ3n) is 4.63. The Balaban J connectivity index is 2.12. The van der Waals surface area contributed by atoms with E-state index >= 15 is 0 Å². The molecule has 29 heavy (non-hydrogen) atoms. The summed E-state index contributed by atoms with van der Waals surface area (Å²) in [7, 11) is 1.60. The Bertz CT molecular complexity index is 1110. The number of hydrogen-bond acceptors (Lipinski definition) is 5. The molecule has 0 radical (unpaired) electrons. The van der Waals surface area contributed by atoms with E-state index in [0.29, 0.717) is 34.6 Å². The molecule has 0 fully saturated rings. The van der Waals surface area contributed by atoms with Crippen LogP contribution in [-0.4, -0.2) is 29.1 Å². The van der Waals surface area contributed by atoms with Gasteiger partial charge in [-0.1, -0.05) is 35.8 Å². The lowest BCUT2D eigenvalue weighted by molar-refractivity contribution is 0.207. The minimum atomic E-state index is -0.211. The topological polar surface area (TPSA) is 65.7 Å². The molecule has 0 saturated carbocycles. The number of para-hydroxylation sites is 1. The number of hydrogen-bond donors (Lipinski definition) is 0. The number of benzene rings is 2. The lowest BCUT2D eigenvalue weighted by atomic mass is 10.2. The van der Waals surface area contributed by atoms with E-state index in [1.54, 1.807) is 19.4 Å². The van der Waals surface area contributed by atoms with Gasteiger partial charge in [-0.15, -0.1) is 0 Å². The summed E-state index contributed by atoms with van der Waals surface area (Å²) in [6.45, 7) is 6.00. The van der Waals surface area contributed by atoms with E-state index < -0.39 is 0 Å². The van der Waals surface area contributed by atoms with Crippen molar-refractivity contribution < 1.29 is 9.47 Å². The Labute approximate surface area is 178 Å². The maximum atomic E-state index is 13.0. The van der Waals surface area contributed by atoms with Crippen molar-refractivity contribution in [3.63, 3.8) is 0 Å². The molecule has 1 aromatic heterocycles. The minimum Gasteiger partial charge on any atom is -0.493 e. The minimum absolute atomic E-state index is 0.0204. The van der Waals surface area contributed by atoms with Gasteiger partial charge in [0.25, 0.3) is 5.56 Å². The molecule has 0 unspecified atom stereocenters. The van der Waals surface area contributed by atoms with E-state index in [1.807, 2.05) is 44.2 Å². The van der Waals surface area contributed by atoms with Gasteiger partial charge in [0.2, 0.25) is 0 Å². The predicted octanol–water partition coefficient (Wildman–Crippen LogP) is 4.79. The van der Waals surface area contributed by atoms with E-state index in [9.17, 15) is 4.79 Å². The van der Waals surface area contributed by atoms with Crippen molar-refractivity contribution in [2.45, 2.75) is 39.7 Å². The monoisotopic (exact) mass is 457 g/mol. The van der Waals surface area contributed by atoms with Crippen molar-refractivity contribution in [3.05, 3.63) is 62.6 Å². The Kier molecular flexibility index (Phi) is 6.69. The second-order valence-electron chi connectivity index (χ2n) is 6.62. The van der Waals surface area contributed by atoms with Crippen molar-refractivity contribution in [1.29, 1.82) is 0 Å². The summed E-state index contributed by atoms with van der Waals surface area (Å²) >= 11 is 3.41. The highest BCUT2D eigenvalue weighted by atomic mass is 79.9.